The summed E-state index contributed by atoms with van der Waals surface area (Å²) in [5.41, 5.74) is 0.514. The lowest BCUT2D eigenvalue weighted by Crippen LogP contribution is -2.52. The first kappa shape index (κ1) is 18.1. The van der Waals surface area contributed by atoms with E-state index in [2.05, 4.69) is 20.3 Å². The monoisotopic (exact) mass is 399 g/mol. The molecule has 1 amide bonds. The molecule has 0 atom stereocenters. The first-order chi connectivity index (χ1) is 13.4. The molecule has 144 valence electrons. The van der Waals surface area contributed by atoms with E-state index in [1.807, 2.05) is 11.0 Å². The minimum absolute atomic E-state index is 0.00206. The van der Waals surface area contributed by atoms with Crippen molar-refractivity contribution in [1.29, 1.82) is 0 Å². The molecule has 3 heterocycles. The van der Waals surface area contributed by atoms with Crippen molar-refractivity contribution in [1.82, 2.24) is 19.5 Å². The molecule has 1 fully saturated rings. The molecule has 0 spiro atoms. The number of nitrogens with one attached hydrogen (secondary N) is 1. The molecule has 0 aliphatic carbocycles. The molecule has 3 N–H and O–H groups in total. The summed E-state index contributed by atoms with van der Waals surface area (Å²) in [5.74, 6) is 1.11. The Balaban J connectivity index is 1.36. The van der Waals surface area contributed by atoms with Gasteiger partial charge in [0.05, 0.1) is 10.8 Å². The number of sulfonamides is 1. The third kappa shape index (κ3) is 3.70. The van der Waals surface area contributed by atoms with Gasteiger partial charge in [-0.05, 0) is 24.3 Å². The van der Waals surface area contributed by atoms with Gasteiger partial charge in [-0.2, -0.15) is 0 Å². The first-order valence-corrected chi connectivity index (χ1v) is 9.94. The molecule has 11 heteroatoms. The van der Waals surface area contributed by atoms with Crippen LogP contribution >= 0.6 is 0 Å². The van der Waals surface area contributed by atoms with E-state index in [0.717, 1.165) is 5.82 Å². The van der Waals surface area contributed by atoms with Crippen molar-refractivity contribution in [2.45, 2.75) is 4.90 Å². The zero-order chi connectivity index (χ0) is 19.7. The Labute approximate surface area is 161 Å². The summed E-state index contributed by atoms with van der Waals surface area (Å²) < 4.78 is 24.3. The van der Waals surface area contributed by atoms with Gasteiger partial charge in [-0.1, -0.05) is 0 Å². The number of carbonyl (C=O) groups is 1. The zero-order valence-electron chi connectivity index (χ0n) is 14.6. The average Bonchev–Trinajstić information content (AvgIpc) is 3.15. The lowest BCUT2D eigenvalue weighted by molar-refractivity contribution is -0.120. The number of hydrogen-bond acceptors (Lipinski definition) is 7. The third-order valence-corrected chi connectivity index (χ3v) is 5.36. The average molecular weight is 399 g/mol. The van der Waals surface area contributed by atoms with E-state index in [4.69, 9.17) is 5.14 Å². The van der Waals surface area contributed by atoms with E-state index in [-0.39, 0.29) is 16.7 Å². The molecule has 1 aromatic carbocycles. The van der Waals surface area contributed by atoms with Crippen LogP contribution < -0.4 is 15.4 Å². The highest BCUT2D eigenvalue weighted by Gasteiger charge is 2.33. The van der Waals surface area contributed by atoms with Crippen molar-refractivity contribution in [3.8, 4) is 5.82 Å². The van der Waals surface area contributed by atoms with Crippen molar-refractivity contribution in [3.63, 3.8) is 0 Å². The van der Waals surface area contributed by atoms with Crippen molar-refractivity contribution >= 4 is 27.4 Å². The molecule has 10 nitrogen and oxygen atoms in total. The number of anilines is 2. The Morgan fingerprint density at radius 1 is 1.14 bits per heavy atom. The van der Waals surface area contributed by atoms with Crippen LogP contribution in [0.1, 0.15) is 0 Å². The molecule has 0 saturated carbocycles. The largest absolute Gasteiger partial charge is 0.355 e. The fraction of sp³-hybridized carbons (Fsp3) is 0.176. The summed E-state index contributed by atoms with van der Waals surface area (Å²) >= 11 is 0. The number of carbonyl (C=O) groups excluding carboxylic acids is 1. The molecule has 2 aromatic heterocycles. The summed E-state index contributed by atoms with van der Waals surface area (Å²) in [4.78, 5) is 26.8. The molecule has 1 aliphatic rings. The van der Waals surface area contributed by atoms with E-state index in [1.54, 1.807) is 23.3 Å². The Morgan fingerprint density at radius 3 is 2.50 bits per heavy atom. The number of nitrogens with zero attached hydrogens (tertiary/aromatic N) is 5. The third-order valence-electron chi connectivity index (χ3n) is 4.43. The highest BCUT2D eigenvalue weighted by molar-refractivity contribution is 7.89. The molecule has 0 unspecified atom stereocenters. The van der Waals surface area contributed by atoms with Crippen LogP contribution in [0.25, 0.3) is 5.82 Å². The van der Waals surface area contributed by atoms with Crippen LogP contribution in [0, 0.1) is 5.92 Å². The number of imidazole rings is 1. The van der Waals surface area contributed by atoms with Crippen molar-refractivity contribution < 1.29 is 13.2 Å². The van der Waals surface area contributed by atoms with Crippen LogP contribution in [-0.4, -0.2) is 46.9 Å². The molecule has 3 aromatic rings. The van der Waals surface area contributed by atoms with Gasteiger partial charge in [-0.25, -0.2) is 28.5 Å². The quantitative estimate of drug-likeness (QED) is 0.633. The predicted octanol–water partition coefficient (Wildman–Crippen LogP) is 0.385. The number of rotatable bonds is 5. The number of primary sulfonamides is 1. The molecule has 4 rings (SSSR count). The second kappa shape index (κ2) is 7.02. The summed E-state index contributed by atoms with van der Waals surface area (Å²) in [7, 11) is -3.75. The Hall–Kier alpha value is -3.31. The van der Waals surface area contributed by atoms with E-state index in [1.165, 1.54) is 30.6 Å². The molecule has 0 radical (unpaired) electrons. The van der Waals surface area contributed by atoms with Crippen molar-refractivity contribution in [2.75, 3.05) is 23.3 Å². The first-order valence-electron chi connectivity index (χ1n) is 8.39. The van der Waals surface area contributed by atoms with Gasteiger partial charge >= 0.3 is 0 Å². The number of aromatic nitrogens is 4. The van der Waals surface area contributed by atoms with Gasteiger partial charge in [-0.15, -0.1) is 0 Å². The fourth-order valence-electron chi connectivity index (χ4n) is 2.85. The second-order valence-corrected chi connectivity index (χ2v) is 7.93. The van der Waals surface area contributed by atoms with E-state index in [9.17, 15) is 13.2 Å². The molecular formula is C17H17N7O3S. The van der Waals surface area contributed by atoms with Crippen molar-refractivity contribution in [3.05, 3.63) is 55.4 Å². The summed E-state index contributed by atoms with van der Waals surface area (Å²) in [6.45, 7) is 1.06. The van der Waals surface area contributed by atoms with E-state index in [0.29, 0.717) is 24.6 Å². The summed E-state index contributed by atoms with van der Waals surface area (Å²) in [6.07, 6.45) is 6.59. The highest BCUT2D eigenvalue weighted by atomic mass is 32.2. The molecule has 0 bridgehead atoms. The minimum Gasteiger partial charge on any atom is -0.355 e. The van der Waals surface area contributed by atoms with Crippen LogP contribution in [0.2, 0.25) is 0 Å². The number of hydrogen-bond donors (Lipinski definition) is 2. The Kier molecular flexibility index (Phi) is 4.53. The van der Waals surface area contributed by atoms with Gasteiger partial charge in [0.1, 0.15) is 24.3 Å². The minimum atomic E-state index is -3.75. The second-order valence-electron chi connectivity index (χ2n) is 6.36. The summed E-state index contributed by atoms with van der Waals surface area (Å²) in [5, 5.41) is 7.85. The predicted molar refractivity (Wildman–Crippen MR) is 101 cm³/mol. The van der Waals surface area contributed by atoms with Gasteiger partial charge in [0.2, 0.25) is 15.9 Å². The highest BCUT2D eigenvalue weighted by Crippen LogP contribution is 2.25. The van der Waals surface area contributed by atoms with Crippen LogP contribution in [0.3, 0.4) is 0 Å². The maximum atomic E-state index is 12.4. The number of amides is 1. The lowest BCUT2D eigenvalue weighted by Gasteiger charge is -2.39. The lowest BCUT2D eigenvalue weighted by atomic mass is 9.99. The molecular weight excluding hydrogens is 382 g/mol. The fourth-order valence-corrected chi connectivity index (χ4v) is 3.37. The zero-order valence-corrected chi connectivity index (χ0v) is 15.5. The molecule has 1 aliphatic heterocycles. The number of nitrogens with two attached hydrogens (primary N) is 1. The molecule has 1 saturated heterocycles. The van der Waals surface area contributed by atoms with Gasteiger partial charge in [0.15, 0.2) is 0 Å². The topological polar surface area (TPSA) is 136 Å². The SMILES string of the molecule is NS(=O)(=O)c1ccc(NC(=O)C2CN(c3cc(-n4ccnc4)ncn3)C2)cc1. The van der Waals surface area contributed by atoms with Crippen LogP contribution in [0.4, 0.5) is 11.5 Å². The van der Waals surface area contributed by atoms with Crippen LogP contribution in [0.5, 0.6) is 0 Å². The van der Waals surface area contributed by atoms with Crippen molar-refractivity contribution in [2.24, 2.45) is 11.1 Å². The standard InChI is InChI=1S/C17H17N7O3S/c18-28(26,27)14-3-1-13(2-4-14)22-17(25)12-8-24(9-12)16-7-15(20-10-21-16)23-6-5-19-11-23/h1-7,10-12H,8-9H2,(H,22,25)(H2,18,26,27). The van der Waals surface area contributed by atoms with Gasteiger partial charge in [0, 0.05) is 37.2 Å². The molecule has 28 heavy (non-hydrogen) atoms. The normalized spacial score (nSPS) is 14.5. The smallest absolute Gasteiger partial charge is 0.238 e. The van der Waals surface area contributed by atoms with Crippen LogP contribution in [0.15, 0.2) is 60.3 Å². The maximum absolute atomic E-state index is 12.4. The van der Waals surface area contributed by atoms with Gasteiger partial charge < -0.3 is 10.2 Å². The maximum Gasteiger partial charge on any atom is 0.238 e. The van der Waals surface area contributed by atoms with E-state index < -0.39 is 10.0 Å². The Bertz CT molecular complexity index is 1090. The number of benzene rings is 1. The van der Waals surface area contributed by atoms with Crippen LogP contribution in [-0.2, 0) is 14.8 Å². The van der Waals surface area contributed by atoms with E-state index >= 15 is 0 Å². The van der Waals surface area contributed by atoms with Gasteiger partial charge in [0.25, 0.3) is 0 Å². The summed E-state index contributed by atoms with van der Waals surface area (Å²) in [6, 6.07) is 7.57. The Morgan fingerprint density at radius 2 is 1.86 bits per heavy atom. The van der Waals surface area contributed by atoms with Gasteiger partial charge in [-0.3, -0.25) is 9.36 Å².